The zero-order valence-electron chi connectivity index (χ0n) is 15.1. The van der Waals surface area contributed by atoms with Gasteiger partial charge in [0.25, 0.3) is 0 Å². The highest BCUT2D eigenvalue weighted by Gasteiger charge is 2.15. The van der Waals surface area contributed by atoms with E-state index in [9.17, 15) is 5.11 Å². The number of thioether (sulfide) groups is 1. The van der Waals surface area contributed by atoms with Gasteiger partial charge in [-0.1, -0.05) is 0 Å². The first-order valence-corrected chi connectivity index (χ1v) is 10.3. The molecule has 0 amide bonds. The molecule has 0 fully saturated rings. The van der Waals surface area contributed by atoms with E-state index in [1.807, 2.05) is 19.1 Å². The van der Waals surface area contributed by atoms with Gasteiger partial charge in [0.05, 0.1) is 24.6 Å². The molecule has 0 aromatic carbocycles. The van der Waals surface area contributed by atoms with Crippen molar-refractivity contribution in [3.63, 3.8) is 0 Å². The highest BCUT2D eigenvalue weighted by atomic mass is 32.2. The molecule has 1 unspecified atom stereocenters. The largest absolute Gasteiger partial charge is 0.452 e. The van der Waals surface area contributed by atoms with Crippen LogP contribution in [-0.2, 0) is 0 Å². The van der Waals surface area contributed by atoms with Crippen molar-refractivity contribution in [1.82, 2.24) is 15.0 Å². The smallest absolute Gasteiger partial charge is 0.188 e. The summed E-state index contributed by atoms with van der Waals surface area (Å²) in [6.45, 7) is 1.52. The Labute approximate surface area is 170 Å². The third-order valence-electron chi connectivity index (χ3n) is 3.63. The molecule has 0 saturated carbocycles. The zero-order valence-corrected chi connectivity index (χ0v) is 16.7. The lowest BCUT2D eigenvalue weighted by Crippen LogP contribution is -2.03. The molecule has 3 heterocycles. The Kier molecular flexibility index (Phi) is 7.18. The van der Waals surface area contributed by atoms with Gasteiger partial charge in [0.2, 0.25) is 0 Å². The average molecular weight is 421 g/mol. The summed E-state index contributed by atoms with van der Waals surface area (Å²) >= 11 is 2.75. The van der Waals surface area contributed by atoms with Crippen molar-refractivity contribution in [2.24, 2.45) is 0 Å². The lowest BCUT2D eigenvalue weighted by atomic mass is 10.3. The Morgan fingerprint density at radius 3 is 2.89 bits per heavy atom. The molecule has 8 nitrogen and oxygen atoms in total. The predicted molar refractivity (Wildman–Crippen MR) is 109 cm³/mol. The second-order valence-corrected chi connectivity index (χ2v) is 7.71. The predicted octanol–water partition coefficient (Wildman–Crippen LogP) is 2.89. The Morgan fingerprint density at radius 1 is 1.29 bits per heavy atom. The number of hydrogen-bond acceptors (Lipinski definition) is 10. The van der Waals surface area contributed by atoms with Gasteiger partial charge in [-0.2, -0.15) is 0 Å². The van der Waals surface area contributed by atoms with Gasteiger partial charge < -0.3 is 25.4 Å². The lowest BCUT2D eigenvalue weighted by Gasteiger charge is -2.13. The summed E-state index contributed by atoms with van der Waals surface area (Å²) in [4.78, 5) is 13.8. The number of anilines is 2. The molecule has 1 atom stereocenters. The van der Waals surface area contributed by atoms with Crippen molar-refractivity contribution < 1.29 is 20.1 Å². The molecule has 4 N–H and O–H groups in total. The van der Waals surface area contributed by atoms with Crippen molar-refractivity contribution in [2.45, 2.75) is 17.9 Å². The Hall–Kier alpha value is -2.24. The average Bonchev–Trinajstić information content (AvgIpc) is 3.17. The first kappa shape index (κ1) is 20.5. The lowest BCUT2D eigenvalue weighted by molar-refractivity contribution is 0.0928. The fourth-order valence-electron chi connectivity index (χ4n) is 2.23. The van der Waals surface area contributed by atoms with Gasteiger partial charge >= 0.3 is 0 Å². The molecule has 0 radical (unpaired) electrons. The Bertz CT molecular complexity index is 922. The molecule has 10 heteroatoms. The van der Waals surface area contributed by atoms with Gasteiger partial charge in [0, 0.05) is 28.4 Å². The quantitative estimate of drug-likeness (QED) is 0.387. The minimum absolute atomic E-state index is 0.0671. The summed E-state index contributed by atoms with van der Waals surface area (Å²) in [5.41, 5.74) is 1.13. The van der Waals surface area contributed by atoms with Gasteiger partial charge in [0.1, 0.15) is 11.9 Å². The Balaban J connectivity index is 1.88. The van der Waals surface area contributed by atoms with Crippen molar-refractivity contribution in [1.29, 1.82) is 0 Å². The molecule has 0 aliphatic rings. The Morgan fingerprint density at radius 2 is 2.14 bits per heavy atom. The summed E-state index contributed by atoms with van der Waals surface area (Å²) < 4.78 is 6.03. The summed E-state index contributed by atoms with van der Waals surface area (Å²) in [5, 5.41) is 33.1. The topological polar surface area (TPSA) is 121 Å². The molecule has 0 aliphatic heterocycles. The summed E-state index contributed by atoms with van der Waals surface area (Å²) in [6, 6.07) is 5.44. The van der Waals surface area contributed by atoms with Crippen LogP contribution in [-0.4, -0.2) is 49.2 Å². The SMILES string of the molecule is Cc1ncccc1Oc1cc(SCCO)cnc1Nc1nc(C(O)CO)cs1. The number of hydrogen-bond donors (Lipinski definition) is 4. The van der Waals surface area contributed by atoms with Crippen LogP contribution in [0.1, 0.15) is 17.5 Å². The number of pyridine rings is 2. The monoisotopic (exact) mass is 420 g/mol. The van der Waals surface area contributed by atoms with Gasteiger partial charge in [-0.25, -0.2) is 9.97 Å². The summed E-state index contributed by atoms with van der Waals surface area (Å²) in [7, 11) is 0. The maximum absolute atomic E-state index is 9.70. The fourth-order valence-corrected chi connectivity index (χ4v) is 3.63. The summed E-state index contributed by atoms with van der Waals surface area (Å²) in [6.07, 6.45) is 2.35. The molecule has 148 valence electrons. The maximum atomic E-state index is 9.70. The number of nitrogens with zero attached hydrogens (tertiary/aromatic N) is 3. The highest BCUT2D eigenvalue weighted by Crippen LogP contribution is 2.35. The van der Waals surface area contributed by atoms with E-state index in [2.05, 4.69) is 20.3 Å². The van der Waals surface area contributed by atoms with Crippen LogP contribution in [0.2, 0.25) is 0 Å². The number of nitrogens with one attached hydrogen (secondary N) is 1. The van der Waals surface area contributed by atoms with Crippen LogP contribution in [0.3, 0.4) is 0 Å². The van der Waals surface area contributed by atoms with E-state index in [4.69, 9.17) is 14.9 Å². The van der Waals surface area contributed by atoms with Crippen LogP contribution in [0.25, 0.3) is 0 Å². The number of aromatic nitrogens is 3. The van der Waals surface area contributed by atoms with E-state index in [1.165, 1.54) is 23.1 Å². The van der Waals surface area contributed by atoms with Crippen molar-refractivity contribution in [3.05, 3.63) is 47.4 Å². The standard InChI is InChI=1S/C18H20N4O4S2/c1-11-15(3-2-4-19-11)26-16-7-12(27-6-5-23)8-20-17(16)22-18-21-13(10-28-18)14(25)9-24/h2-4,7-8,10,14,23-25H,5-6,9H2,1H3,(H,20,21,22). The third-order valence-corrected chi connectivity index (χ3v) is 5.35. The molecular formula is C18H20N4O4S2. The maximum Gasteiger partial charge on any atom is 0.188 e. The van der Waals surface area contributed by atoms with Gasteiger partial charge in [-0.15, -0.1) is 23.1 Å². The molecule has 3 rings (SSSR count). The fraction of sp³-hybridized carbons (Fsp3) is 0.278. The van der Waals surface area contributed by atoms with Crippen LogP contribution in [0, 0.1) is 6.92 Å². The number of thiazole rings is 1. The van der Waals surface area contributed by atoms with Crippen molar-refractivity contribution in [2.75, 3.05) is 24.3 Å². The molecule has 0 aliphatic carbocycles. The number of ether oxygens (including phenoxy) is 1. The first-order chi connectivity index (χ1) is 13.6. The normalized spacial score (nSPS) is 12.0. The molecule has 0 spiro atoms. The molecule has 3 aromatic rings. The number of rotatable bonds is 9. The van der Waals surface area contributed by atoms with E-state index in [-0.39, 0.29) is 6.61 Å². The minimum Gasteiger partial charge on any atom is -0.452 e. The molecular weight excluding hydrogens is 400 g/mol. The van der Waals surface area contributed by atoms with E-state index < -0.39 is 12.7 Å². The summed E-state index contributed by atoms with van der Waals surface area (Å²) in [5.74, 6) is 2.09. The highest BCUT2D eigenvalue weighted by molar-refractivity contribution is 7.99. The van der Waals surface area contributed by atoms with Crippen LogP contribution in [0.15, 0.2) is 40.9 Å². The van der Waals surface area contributed by atoms with Gasteiger partial charge in [0.15, 0.2) is 16.7 Å². The number of aryl methyl sites for hydroxylation is 1. The third kappa shape index (κ3) is 5.18. The van der Waals surface area contributed by atoms with E-state index in [0.717, 1.165) is 10.6 Å². The van der Waals surface area contributed by atoms with Crippen molar-refractivity contribution >= 4 is 34.0 Å². The van der Waals surface area contributed by atoms with Crippen LogP contribution >= 0.6 is 23.1 Å². The minimum atomic E-state index is -1.02. The van der Waals surface area contributed by atoms with E-state index >= 15 is 0 Å². The zero-order chi connectivity index (χ0) is 19.9. The van der Waals surface area contributed by atoms with Crippen LogP contribution in [0.5, 0.6) is 11.5 Å². The molecule has 0 bridgehead atoms. The number of aliphatic hydroxyl groups excluding tert-OH is 3. The van der Waals surface area contributed by atoms with Crippen LogP contribution < -0.4 is 10.1 Å². The van der Waals surface area contributed by atoms with E-state index in [1.54, 1.807) is 23.8 Å². The van der Waals surface area contributed by atoms with Gasteiger partial charge in [-0.05, 0) is 25.1 Å². The number of aliphatic hydroxyl groups is 3. The van der Waals surface area contributed by atoms with E-state index in [0.29, 0.717) is 33.9 Å². The second kappa shape index (κ2) is 9.80. The van der Waals surface area contributed by atoms with Gasteiger partial charge in [-0.3, -0.25) is 4.98 Å². The molecule has 28 heavy (non-hydrogen) atoms. The molecule has 0 saturated heterocycles. The van der Waals surface area contributed by atoms with Crippen LogP contribution in [0.4, 0.5) is 10.9 Å². The second-order valence-electron chi connectivity index (χ2n) is 5.68. The van der Waals surface area contributed by atoms with Crippen molar-refractivity contribution in [3.8, 4) is 11.5 Å². The molecule has 3 aromatic heterocycles. The first-order valence-electron chi connectivity index (χ1n) is 8.45.